The van der Waals surface area contributed by atoms with Gasteiger partial charge < -0.3 is 10.4 Å². The fraction of sp³-hybridized carbons (Fsp3) is 0.533. The quantitative estimate of drug-likeness (QED) is 0.789. The van der Waals surface area contributed by atoms with E-state index in [1.54, 1.807) is 6.92 Å². The van der Waals surface area contributed by atoms with Gasteiger partial charge in [0.25, 0.3) is 10.0 Å². The molecular weight excluding hydrogens is 304 g/mol. The minimum atomic E-state index is -3.90. The van der Waals surface area contributed by atoms with Crippen LogP contribution in [0, 0.1) is 0 Å². The van der Waals surface area contributed by atoms with Gasteiger partial charge in [0.2, 0.25) is 0 Å². The van der Waals surface area contributed by atoms with E-state index in [-0.39, 0.29) is 10.9 Å². The van der Waals surface area contributed by atoms with Crippen molar-refractivity contribution in [3.8, 4) is 0 Å². The van der Waals surface area contributed by atoms with E-state index in [2.05, 4.69) is 5.32 Å². The number of hydrogen-bond donors (Lipinski definition) is 3. The summed E-state index contributed by atoms with van der Waals surface area (Å²) in [4.78, 5) is 11.8. The Hall–Kier alpha value is -1.60. The van der Waals surface area contributed by atoms with Gasteiger partial charge in [-0.25, -0.2) is 17.9 Å². The van der Waals surface area contributed by atoms with Gasteiger partial charge in [0.1, 0.15) is 0 Å². The molecule has 0 bridgehead atoms. The van der Waals surface area contributed by atoms with Crippen molar-refractivity contribution in [2.45, 2.75) is 56.1 Å². The first-order chi connectivity index (χ1) is 10.4. The van der Waals surface area contributed by atoms with Gasteiger partial charge in [-0.05, 0) is 37.5 Å². The summed E-state index contributed by atoms with van der Waals surface area (Å²) in [5.74, 6) is 0. The Morgan fingerprint density at radius 2 is 1.77 bits per heavy atom. The van der Waals surface area contributed by atoms with Crippen molar-refractivity contribution < 1.29 is 18.3 Å². The molecule has 1 fully saturated rings. The van der Waals surface area contributed by atoms with Crippen LogP contribution in [0.25, 0.3) is 0 Å². The van der Waals surface area contributed by atoms with Crippen molar-refractivity contribution in [2.75, 3.05) is 0 Å². The van der Waals surface area contributed by atoms with Crippen LogP contribution in [0.2, 0.25) is 0 Å². The molecule has 0 radical (unpaired) electrons. The largest absolute Gasteiger partial charge is 0.389 e. The maximum Gasteiger partial charge on any atom is 0.328 e. The van der Waals surface area contributed by atoms with Gasteiger partial charge in [-0.15, -0.1) is 0 Å². The number of urea groups is 1. The van der Waals surface area contributed by atoms with E-state index in [0.717, 1.165) is 32.1 Å². The van der Waals surface area contributed by atoms with E-state index in [0.29, 0.717) is 5.56 Å². The number of rotatable bonds is 4. The number of carbonyl (C=O) groups is 1. The number of amides is 2. The van der Waals surface area contributed by atoms with E-state index in [1.165, 1.54) is 24.3 Å². The van der Waals surface area contributed by atoms with Crippen molar-refractivity contribution in [3.05, 3.63) is 29.8 Å². The minimum Gasteiger partial charge on any atom is -0.389 e. The van der Waals surface area contributed by atoms with Crippen LogP contribution in [-0.2, 0) is 10.0 Å². The van der Waals surface area contributed by atoms with Gasteiger partial charge in [0, 0.05) is 6.04 Å². The second-order valence-electron chi connectivity index (χ2n) is 5.66. The highest BCUT2D eigenvalue weighted by Gasteiger charge is 2.21. The van der Waals surface area contributed by atoms with Crippen molar-refractivity contribution in [3.63, 3.8) is 0 Å². The maximum atomic E-state index is 12.1. The van der Waals surface area contributed by atoms with E-state index < -0.39 is 22.2 Å². The Bertz CT molecular complexity index is 605. The molecule has 0 spiro atoms. The van der Waals surface area contributed by atoms with Crippen molar-refractivity contribution >= 4 is 16.1 Å². The van der Waals surface area contributed by atoms with Gasteiger partial charge in [-0.2, -0.15) is 0 Å². The minimum absolute atomic E-state index is 0.00399. The lowest BCUT2D eigenvalue weighted by Gasteiger charge is -2.22. The highest BCUT2D eigenvalue weighted by atomic mass is 32.2. The Morgan fingerprint density at radius 3 is 2.32 bits per heavy atom. The topological polar surface area (TPSA) is 95.5 Å². The predicted molar refractivity (Wildman–Crippen MR) is 82.8 cm³/mol. The van der Waals surface area contributed by atoms with Gasteiger partial charge in [0.05, 0.1) is 11.0 Å². The zero-order valence-corrected chi connectivity index (χ0v) is 13.4. The molecule has 1 aromatic rings. The smallest absolute Gasteiger partial charge is 0.328 e. The van der Waals surface area contributed by atoms with Crippen LogP contribution >= 0.6 is 0 Å². The third-order valence-electron chi connectivity index (χ3n) is 3.84. The van der Waals surface area contributed by atoms with Gasteiger partial charge in [0.15, 0.2) is 0 Å². The third kappa shape index (κ3) is 4.45. The van der Waals surface area contributed by atoms with Crippen LogP contribution in [0.1, 0.15) is 50.7 Å². The lowest BCUT2D eigenvalue weighted by molar-refractivity contribution is 0.199. The molecule has 1 aliphatic rings. The summed E-state index contributed by atoms with van der Waals surface area (Å²) < 4.78 is 26.3. The van der Waals surface area contributed by atoms with Crippen LogP contribution < -0.4 is 10.0 Å². The highest BCUT2D eigenvalue weighted by Crippen LogP contribution is 2.18. The monoisotopic (exact) mass is 326 g/mol. The van der Waals surface area contributed by atoms with E-state index in [1.807, 2.05) is 4.72 Å². The molecule has 6 nitrogen and oxygen atoms in total. The number of benzene rings is 1. The maximum absolute atomic E-state index is 12.1. The Morgan fingerprint density at radius 1 is 1.18 bits per heavy atom. The van der Waals surface area contributed by atoms with Gasteiger partial charge in [-0.3, -0.25) is 0 Å². The van der Waals surface area contributed by atoms with Gasteiger partial charge >= 0.3 is 6.03 Å². The molecule has 2 amide bonds. The summed E-state index contributed by atoms with van der Waals surface area (Å²) in [7, 11) is -3.90. The summed E-state index contributed by atoms with van der Waals surface area (Å²) in [5, 5.41) is 12.1. The molecule has 0 saturated heterocycles. The fourth-order valence-corrected chi connectivity index (χ4v) is 3.48. The van der Waals surface area contributed by atoms with Crippen molar-refractivity contribution in [1.82, 2.24) is 10.0 Å². The first-order valence-corrected chi connectivity index (χ1v) is 8.98. The molecular formula is C15H22N2O4S. The first-order valence-electron chi connectivity index (χ1n) is 7.50. The van der Waals surface area contributed by atoms with E-state index in [4.69, 9.17) is 0 Å². The summed E-state index contributed by atoms with van der Waals surface area (Å²) in [6.07, 6.45) is 4.37. The summed E-state index contributed by atoms with van der Waals surface area (Å²) in [6.45, 7) is 1.60. The Kier molecular flexibility index (Phi) is 5.42. The second-order valence-corrected chi connectivity index (χ2v) is 7.34. The molecule has 1 atom stereocenters. The van der Waals surface area contributed by atoms with Crippen LogP contribution in [0.5, 0.6) is 0 Å². The van der Waals surface area contributed by atoms with E-state index >= 15 is 0 Å². The standard InChI is InChI=1S/C15H22N2O4S/c1-11(18)12-7-9-14(10-8-12)22(20,21)17-15(19)16-13-5-3-2-4-6-13/h7-11,13,18H,2-6H2,1H3,(H2,16,17,19). The lowest BCUT2D eigenvalue weighted by Crippen LogP contribution is -2.45. The number of sulfonamides is 1. The molecule has 1 aromatic carbocycles. The first kappa shape index (κ1) is 16.8. The third-order valence-corrected chi connectivity index (χ3v) is 5.19. The molecule has 1 saturated carbocycles. The number of hydrogen-bond acceptors (Lipinski definition) is 4. The molecule has 22 heavy (non-hydrogen) atoms. The summed E-state index contributed by atoms with van der Waals surface area (Å²) in [6, 6.07) is 5.15. The normalized spacial score (nSPS) is 17.7. The Labute approximate surface area is 131 Å². The van der Waals surface area contributed by atoms with Crippen LogP contribution in [0.3, 0.4) is 0 Å². The molecule has 3 N–H and O–H groups in total. The average molecular weight is 326 g/mol. The molecule has 1 aliphatic carbocycles. The second kappa shape index (κ2) is 7.11. The predicted octanol–water partition coefficient (Wildman–Crippen LogP) is 2.06. The van der Waals surface area contributed by atoms with Crippen LogP contribution in [0.15, 0.2) is 29.2 Å². The number of nitrogens with one attached hydrogen (secondary N) is 2. The zero-order valence-electron chi connectivity index (χ0n) is 12.6. The average Bonchev–Trinajstić information content (AvgIpc) is 2.47. The summed E-state index contributed by atoms with van der Waals surface area (Å²) >= 11 is 0. The highest BCUT2D eigenvalue weighted by molar-refractivity contribution is 7.90. The molecule has 7 heteroatoms. The van der Waals surface area contributed by atoms with Crippen molar-refractivity contribution in [1.29, 1.82) is 0 Å². The SMILES string of the molecule is CC(O)c1ccc(S(=O)(=O)NC(=O)NC2CCCCC2)cc1. The number of aliphatic hydroxyl groups excluding tert-OH is 1. The molecule has 0 aliphatic heterocycles. The van der Waals surface area contributed by atoms with Gasteiger partial charge in [-0.1, -0.05) is 31.4 Å². The lowest BCUT2D eigenvalue weighted by atomic mass is 9.96. The van der Waals surface area contributed by atoms with E-state index in [9.17, 15) is 18.3 Å². The number of carbonyl (C=O) groups excluding carboxylic acids is 1. The Balaban J connectivity index is 1.98. The molecule has 2 rings (SSSR count). The van der Waals surface area contributed by atoms with Crippen LogP contribution in [0.4, 0.5) is 4.79 Å². The zero-order chi connectivity index (χ0) is 16.2. The fourth-order valence-electron chi connectivity index (χ4n) is 2.57. The molecule has 122 valence electrons. The molecule has 0 aromatic heterocycles. The number of aliphatic hydroxyl groups is 1. The van der Waals surface area contributed by atoms with Crippen molar-refractivity contribution in [2.24, 2.45) is 0 Å². The molecule has 0 heterocycles. The molecule has 1 unspecified atom stereocenters. The van der Waals surface area contributed by atoms with Crippen LogP contribution in [-0.4, -0.2) is 25.6 Å². The summed E-state index contributed by atoms with van der Waals surface area (Å²) in [5.41, 5.74) is 0.616.